The van der Waals surface area contributed by atoms with E-state index >= 15 is 0 Å². The average molecular weight is 289 g/mol. The molecule has 1 aliphatic rings. The van der Waals surface area contributed by atoms with Crippen LogP contribution in [0.4, 0.5) is 5.69 Å². The van der Waals surface area contributed by atoms with Gasteiger partial charge in [0, 0.05) is 45.3 Å². The van der Waals surface area contributed by atoms with Gasteiger partial charge in [0.05, 0.1) is 5.92 Å². The Hall–Kier alpha value is -2.04. The fourth-order valence-electron chi connectivity index (χ4n) is 2.56. The minimum atomic E-state index is -0.195. The minimum Gasteiger partial charge on any atom is -0.373 e. The van der Waals surface area contributed by atoms with E-state index in [4.69, 9.17) is 0 Å². The van der Waals surface area contributed by atoms with E-state index in [1.807, 2.05) is 44.3 Å². The van der Waals surface area contributed by atoms with Crippen molar-refractivity contribution in [3.8, 4) is 0 Å². The Labute approximate surface area is 125 Å². The summed E-state index contributed by atoms with van der Waals surface area (Å²) in [5, 5.41) is 2.93. The van der Waals surface area contributed by atoms with Gasteiger partial charge in [-0.15, -0.1) is 0 Å². The van der Waals surface area contributed by atoms with E-state index in [0.29, 0.717) is 26.1 Å². The normalized spacial score (nSPS) is 17.9. The minimum absolute atomic E-state index is 0.0132. The van der Waals surface area contributed by atoms with Gasteiger partial charge in [-0.05, 0) is 19.1 Å². The summed E-state index contributed by atoms with van der Waals surface area (Å²) in [6.45, 7) is 4.50. The van der Waals surface area contributed by atoms with Crippen LogP contribution in [0, 0.1) is 5.92 Å². The highest BCUT2D eigenvalue weighted by molar-refractivity contribution is 5.89. The standard InChI is InChI=1S/C16H23N3O2/c1-3-19-12-13(11-15(19)20)16(21)17-9-10-18(2)14-7-5-4-6-8-14/h4-8,13H,3,9-12H2,1-2H3,(H,17,21)/t13-/m1/s1. The SMILES string of the molecule is CCN1C[C@H](C(=O)NCCN(C)c2ccccc2)CC1=O. The van der Waals surface area contributed by atoms with E-state index < -0.39 is 0 Å². The summed E-state index contributed by atoms with van der Waals surface area (Å²) in [4.78, 5) is 27.5. The first-order valence-corrected chi connectivity index (χ1v) is 7.43. The van der Waals surface area contributed by atoms with Crippen LogP contribution in [0.15, 0.2) is 30.3 Å². The lowest BCUT2D eigenvalue weighted by Gasteiger charge is -2.20. The van der Waals surface area contributed by atoms with Gasteiger partial charge >= 0.3 is 0 Å². The van der Waals surface area contributed by atoms with E-state index in [9.17, 15) is 9.59 Å². The van der Waals surface area contributed by atoms with E-state index in [-0.39, 0.29) is 17.7 Å². The van der Waals surface area contributed by atoms with E-state index in [1.54, 1.807) is 4.90 Å². The second kappa shape index (κ2) is 7.11. The van der Waals surface area contributed by atoms with Crippen LogP contribution in [0.5, 0.6) is 0 Å². The number of carbonyl (C=O) groups excluding carboxylic acids is 2. The Balaban J connectivity index is 1.74. The molecule has 5 nitrogen and oxygen atoms in total. The maximum atomic E-state index is 12.1. The van der Waals surface area contributed by atoms with Crippen molar-refractivity contribution in [1.82, 2.24) is 10.2 Å². The summed E-state index contributed by atoms with van der Waals surface area (Å²) < 4.78 is 0. The summed E-state index contributed by atoms with van der Waals surface area (Å²) in [6, 6.07) is 10.0. The highest BCUT2D eigenvalue weighted by atomic mass is 16.2. The molecule has 0 radical (unpaired) electrons. The first-order valence-electron chi connectivity index (χ1n) is 7.43. The summed E-state index contributed by atoms with van der Waals surface area (Å²) in [6.07, 6.45) is 0.341. The second-order valence-electron chi connectivity index (χ2n) is 5.38. The molecule has 0 spiro atoms. The molecule has 1 fully saturated rings. The molecule has 1 N–H and O–H groups in total. The van der Waals surface area contributed by atoms with Gasteiger partial charge in [0.2, 0.25) is 11.8 Å². The van der Waals surface area contributed by atoms with Gasteiger partial charge in [0.1, 0.15) is 0 Å². The highest BCUT2D eigenvalue weighted by Gasteiger charge is 2.32. The zero-order valence-electron chi connectivity index (χ0n) is 12.7. The van der Waals surface area contributed by atoms with Crippen molar-refractivity contribution in [3.63, 3.8) is 0 Å². The van der Waals surface area contributed by atoms with Crippen molar-refractivity contribution in [2.24, 2.45) is 5.92 Å². The lowest BCUT2D eigenvalue weighted by Crippen LogP contribution is -2.37. The molecule has 0 aromatic heterocycles. The molecule has 0 saturated carbocycles. The maximum absolute atomic E-state index is 12.1. The number of para-hydroxylation sites is 1. The molecule has 0 bridgehead atoms. The number of nitrogens with zero attached hydrogens (tertiary/aromatic N) is 2. The number of rotatable bonds is 6. The summed E-state index contributed by atoms with van der Waals surface area (Å²) in [5.41, 5.74) is 1.12. The maximum Gasteiger partial charge on any atom is 0.225 e. The number of nitrogens with one attached hydrogen (secondary N) is 1. The summed E-state index contributed by atoms with van der Waals surface area (Å²) in [7, 11) is 2.00. The number of likely N-dealkylation sites (tertiary alicyclic amines) is 1. The Morgan fingerprint density at radius 2 is 2.10 bits per heavy atom. The van der Waals surface area contributed by atoms with Gasteiger partial charge in [0.25, 0.3) is 0 Å². The third kappa shape index (κ3) is 3.97. The molecule has 2 amide bonds. The van der Waals surface area contributed by atoms with E-state index in [0.717, 1.165) is 12.2 Å². The summed E-state index contributed by atoms with van der Waals surface area (Å²) in [5.74, 6) is -0.126. The van der Waals surface area contributed by atoms with Crippen LogP contribution in [0.3, 0.4) is 0 Å². The average Bonchev–Trinajstić information content (AvgIpc) is 2.89. The number of benzene rings is 1. The fraction of sp³-hybridized carbons (Fsp3) is 0.500. The second-order valence-corrected chi connectivity index (χ2v) is 5.38. The van der Waals surface area contributed by atoms with Gasteiger partial charge in [-0.25, -0.2) is 0 Å². The van der Waals surface area contributed by atoms with Gasteiger partial charge < -0.3 is 15.1 Å². The smallest absolute Gasteiger partial charge is 0.225 e. The van der Waals surface area contributed by atoms with Crippen molar-refractivity contribution in [3.05, 3.63) is 30.3 Å². The van der Waals surface area contributed by atoms with Crippen LogP contribution < -0.4 is 10.2 Å². The molecule has 0 unspecified atom stereocenters. The van der Waals surface area contributed by atoms with Crippen molar-refractivity contribution in [2.45, 2.75) is 13.3 Å². The number of anilines is 1. The first kappa shape index (κ1) is 15.4. The molecular weight excluding hydrogens is 266 g/mol. The zero-order valence-corrected chi connectivity index (χ0v) is 12.7. The van der Waals surface area contributed by atoms with Crippen LogP contribution >= 0.6 is 0 Å². The van der Waals surface area contributed by atoms with Crippen molar-refractivity contribution in [2.75, 3.05) is 38.1 Å². The summed E-state index contributed by atoms with van der Waals surface area (Å²) >= 11 is 0. The fourth-order valence-corrected chi connectivity index (χ4v) is 2.56. The third-order valence-corrected chi connectivity index (χ3v) is 3.91. The molecule has 1 aliphatic heterocycles. The number of amides is 2. The van der Waals surface area contributed by atoms with Gasteiger partial charge in [-0.3, -0.25) is 9.59 Å². The molecule has 1 aromatic rings. The Bertz CT molecular complexity index is 490. The predicted molar refractivity (Wildman–Crippen MR) is 83.1 cm³/mol. The molecule has 2 rings (SSSR count). The van der Waals surface area contributed by atoms with Gasteiger partial charge in [-0.2, -0.15) is 0 Å². The predicted octanol–water partition coefficient (Wildman–Crippen LogP) is 1.11. The van der Waals surface area contributed by atoms with Crippen molar-refractivity contribution in [1.29, 1.82) is 0 Å². The first-order chi connectivity index (χ1) is 10.1. The van der Waals surface area contributed by atoms with Gasteiger partial charge in [-0.1, -0.05) is 18.2 Å². The number of hydrogen-bond acceptors (Lipinski definition) is 3. The van der Waals surface area contributed by atoms with Crippen LogP contribution in [-0.2, 0) is 9.59 Å². The van der Waals surface area contributed by atoms with E-state index in [1.165, 1.54) is 0 Å². The highest BCUT2D eigenvalue weighted by Crippen LogP contribution is 2.17. The molecule has 1 heterocycles. The monoisotopic (exact) mass is 289 g/mol. The molecule has 1 saturated heterocycles. The van der Waals surface area contributed by atoms with Gasteiger partial charge in [0.15, 0.2) is 0 Å². The largest absolute Gasteiger partial charge is 0.373 e. The van der Waals surface area contributed by atoms with Crippen molar-refractivity contribution >= 4 is 17.5 Å². The number of likely N-dealkylation sites (N-methyl/N-ethyl adjacent to an activating group) is 1. The molecular formula is C16H23N3O2. The molecule has 1 aromatic carbocycles. The van der Waals surface area contributed by atoms with Crippen LogP contribution in [0.1, 0.15) is 13.3 Å². The molecule has 0 aliphatic carbocycles. The number of carbonyl (C=O) groups is 2. The van der Waals surface area contributed by atoms with Crippen LogP contribution in [0.25, 0.3) is 0 Å². The van der Waals surface area contributed by atoms with Crippen LogP contribution in [0.2, 0.25) is 0 Å². The topological polar surface area (TPSA) is 52.7 Å². The molecule has 21 heavy (non-hydrogen) atoms. The lowest BCUT2D eigenvalue weighted by atomic mass is 10.1. The van der Waals surface area contributed by atoms with E-state index in [2.05, 4.69) is 10.2 Å². The number of hydrogen-bond donors (Lipinski definition) is 1. The quantitative estimate of drug-likeness (QED) is 0.853. The third-order valence-electron chi connectivity index (χ3n) is 3.91. The Morgan fingerprint density at radius 1 is 1.38 bits per heavy atom. The Morgan fingerprint density at radius 3 is 2.71 bits per heavy atom. The lowest BCUT2D eigenvalue weighted by molar-refractivity contribution is -0.128. The molecule has 1 atom stereocenters. The Kier molecular flexibility index (Phi) is 5.20. The molecule has 114 valence electrons. The van der Waals surface area contributed by atoms with Crippen molar-refractivity contribution < 1.29 is 9.59 Å². The zero-order chi connectivity index (χ0) is 15.2. The van der Waals surface area contributed by atoms with Crippen LogP contribution in [-0.4, -0.2) is 49.9 Å². The molecule has 5 heteroatoms.